The highest BCUT2D eigenvalue weighted by Crippen LogP contribution is 2.35. The van der Waals surface area contributed by atoms with E-state index in [0.717, 1.165) is 0 Å². The molecule has 1 aliphatic heterocycles. The lowest BCUT2D eigenvalue weighted by molar-refractivity contribution is -0.0290. The molecule has 0 radical (unpaired) electrons. The highest BCUT2D eigenvalue weighted by atomic mass is 31.1. The van der Waals surface area contributed by atoms with Crippen molar-refractivity contribution in [1.29, 1.82) is 0 Å². The molecular weight excluding hydrogens is 298 g/mol. The quantitative estimate of drug-likeness (QED) is 0.610. The van der Waals surface area contributed by atoms with Gasteiger partial charge in [0.25, 0.3) is 5.56 Å². The number of hydrogen-bond acceptors (Lipinski definition) is 6. The second kappa shape index (κ2) is 5.51. The Morgan fingerprint density at radius 3 is 2.80 bits per heavy atom. The molecule has 1 aliphatic rings. The van der Waals surface area contributed by atoms with Crippen LogP contribution in [-0.2, 0) is 13.8 Å². The summed E-state index contributed by atoms with van der Waals surface area (Å²) in [6.07, 6.45) is -4.24. The van der Waals surface area contributed by atoms with Crippen LogP contribution in [0.5, 0.6) is 0 Å². The molecule has 1 aromatic rings. The molecule has 0 saturated carbocycles. The monoisotopic (exact) mass is 309 g/mol. The topological polar surface area (TPSA) is 131 Å². The number of hydrogen-bond donors (Lipinski definition) is 3. The van der Waals surface area contributed by atoms with Crippen molar-refractivity contribution in [3.63, 3.8) is 0 Å². The van der Waals surface area contributed by atoms with Crippen molar-refractivity contribution in [2.24, 2.45) is 0 Å². The summed E-state index contributed by atoms with van der Waals surface area (Å²) in [4.78, 5) is 33.0. The molecule has 2 heterocycles. The molecule has 110 valence electrons. The maximum atomic E-state index is 13.2. The van der Waals surface area contributed by atoms with Crippen LogP contribution in [0.1, 0.15) is 13.2 Å². The number of halogens is 1. The highest BCUT2D eigenvalue weighted by molar-refractivity contribution is 7.32. The first kappa shape index (κ1) is 14.9. The third-order valence-corrected chi connectivity index (χ3v) is 3.29. The minimum Gasteiger partial charge on any atom is -0.387 e. The number of ether oxygens (including phenoxy) is 1. The van der Waals surface area contributed by atoms with Gasteiger partial charge in [0.2, 0.25) is 5.82 Å². The first-order valence-electron chi connectivity index (χ1n) is 5.48. The van der Waals surface area contributed by atoms with Crippen LogP contribution in [0.2, 0.25) is 0 Å². The molecule has 3 N–H and O–H groups in total. The van der Waals surface area contributed by atoms with Gasteiger partial charge in [-0.2, -0.15) is 4.39 Å². The van der Waals surface area contributed by atoms with E-state index in [0.29, 0.717) is 10.8 Å². The van der Waals surface area contributed by atoms with Crippen LogP contribution in [0.25, 0.3) is 0 Å². The van der Waals surface area contributed by atoms with E-state index in [4.69, 9.17) is 9.63 Å². The van der Waals surface area contributed by atoms with Gasteiger partial charge < -0.3 is 9.84 Å². The van der Waals surface area contributed by atoms with Gasteiger partial charge in [-0.3, -0.25) is 14.3 Å². The predicted molar refractivity (Wildman–Crippen MR) is 61.6 cm³/mol. The zero-order valence-corrected chi connectivity index (χ0v) is 11.0. The SMILES string of the molecule is C[C@H]1O[C@@H](n2cc(F)c(=O)[nH]c2=O)[C@H](O[P+](=O)O)[C@@H]1O. The summed E-state index contributed by atoms with van der Waals surface area (Å²) >= 11 is 0. The fourth-order valence-corrected chi connectivity index (χ4v) is 2.34. The number of rotatable bonds is 3. The van der Waals surface area contributed by atoms with E-state index in [1.807, 2.05) is 0 Å². The molecule has 1 unspecified atom stereocenters. The summed E-state index contributed by atoms with van der Waals surface area (Å²) in [6.45, 7) is 1.44. The van der Waals surface area contributed by atoms with Crippen molar-refractivity contribution in [1.82, 2.24) is 9.55 Å². The van der Waals surface area contributed by atoms with Crippen LogP contribution in [-0.4, -0.2) is 37.9 Å². The summed E-state index contributed by atoms with van der Waals surface area (Å²) < 4.78 is 34.4. The van der Waals surface area contributed by atoms with Gasteiger partial charge in [0, 0.05) is 4.57 Å². The lowest BCUT2D eigenvalue weighted by Crippen LogP contribution is -2.39. The zero-order chi connectivity index (χ0) is 15.0. The summed E-state index contributed by atoms with van der Waals surface area (Å²) in [5, 5.41) is 9.78. The van der Waals surface area contributed by atoms with Gasteiger partial charge in [-0.25, -0.2) is 4.79 Å². The van der Waals surface area contributed by atoms with Gasteiger partial charge in [0.1, 0.15) is 6.10 Å². The highest BCUT2D eigenvalue weighted by Gasteiger charge is 2.48. The minimum atomic E-state index is -3.07. The molecular formula is C9H11FN2O7P+. The average Bonchev–Trinajstić information content (AvgIpc) is 2.61. The number of nitrogens with zero attached hydrogens (tertiary/aromatic N) is 1. The molecule has 9 nitrogen and oxygen atoms in total. The van der Waals surface area contributed by atoms with Crippen LogP contribution in [0.15, 0.2) is 15.8 Å². The molecule has 0 aliphatic carbocycles. The molecule has 0 bridgehead atoms. The maximum absolute atomic E-state index is 13.2. The zero-order valence-electron chi connectivity index (χ0n) is 10.1. The number of nitrogens with one attached hydrogen (secondary N) is 1. The summed E-state index contributed by atoms with van der Waals surface area (Å²) in [5.41, 5.74) is -2.20. The van der Waals surface area contributed by atoms with Crippen LogP contribution >= 0.6 is 8.25 Å². The number of aromatic amines is 1. The van der Waals surface area contributed by atoms with Gasteiger partial charge in [-0.15, -0.1) is 9.42 Å². The summed E-state index contributed by atoms with van der Waals surface area (Å²) in [6, 6.07) is 0. The van der Waals surface area contributed by atoms with Crippen molar-refractivity contribution in [3.05, 3.63) is 32.9 Å². The van der Waals surface area contributed by atoms with E-state index < -0.39 is 49.9 Å². The molecule has 1 aromatic heterocycles. The van der Waals surface area contributed by atoms with E-state index in [1.54, 1.807) is 4.98 Å². The Balaban J connectivity index is 2.44. The number of aliphatic hydroxyl groups is 1. The molecule has 11 heteroatoms. The standard InChI is InChI=1S/C9H10FN2O7P/c1-3-5(13)6(19-20(16)17)8(18-3)12-2-4(10)7(14)11-9(12)15/h2-3,5-6,8,13H,1H3,(H-,11,14,15,16,17)/p+1/t3-,5-,6-,8-/m1/s1. The Hall–Kier alpha value is -1.45. The number of aliphatic hydroxyl groups excluding tert-OH is 1. The van der Waals surface area contributed by atoms with E-state index in [-0.39, 0.29) is 0 Å². The third kappa shape index (κ3) is 2.69. The van der Waals surface area contributed by atoms with Crippen LogP contribution in [0.4, 0.5) is 4.39 Å². The molecule has 0 amide bonds. The van der Waals surface area contributed by atoms with Gasteiger partial charge in [0.15, 0.2) is 12.3 Å². The maximum Gasteiger partial charge on any atom is 0.695 e. The Kier molecular flexibility index (Phi) is 4.11. The van der Waals surface area contributed by atoms with Crippen molar-refractivity contribution >= 4 is 8.25 Å². The van der Waals surface area contributed by atoms with Crippen molar-refractivity contribution in [2.75, 3.05) is 0 Å². The molecule has 5 atom stereocenters. The van der Waals surface area contributed by atoms with E-state index >= 15 is 0 Å². The van der Waals surface area contributed by atoms with Crippen molar-refractivity contribution < 1.29 is 28.2 Å². The van der Waals surface area contributed by atoms with E-state index in [9.17, 15) is 23.7 Å². The van der Waals surface area contributed by atoms with Crippen LogP contribution in [0, 0.1) is 5.82 Å². The molecule has 20 heavy (non-hydrogen) atoms. The largest absolute Gasteiger partial charge is 0.695 e. The molecule has 1 saturated heterocycles. The van der Waals surface area contributed by atoms with Crippen molar-refractivity contribution in [3.8, 4) is 0 Å². The third-order valence-electron chi connectivity index (χ3n) is 2.86. The minimum absolute atomic E-state index is 0.581. The molecule has 2 rings (SSSR count). The number of H-pyrrole nitrogens is 1. The fourth-order valence-electron chi connectivity index (χ4n) is 1.91. The summed E-state index contributed by atoms with van der Waals surface area (Å²) in [7, 11) is -3.07. The predicted octanol–water partition coefficient (Wildman–Crippen LogP) is -1.01. The van der Waals surface area contributed by atoms with Crippen molar-refractivity contribution in [2.45, 2.75) is 31.5 Å². The fraction of sp³-hybridized carbons (Fsp3) is 0.556. The molecule has 0 aromatic carbocycles. The van der Waals surface area contributed by atoms with Gasteiger partial charge in [-0.1, -0.05) is 0 Å². The second-order valence-corrected chi connectivity index (χ2v) is 4.86. The van der Waals surface area contributed by atoms with E-state index in [1.165, 1.54) is 6.92 Å². The lowest BCUT2D eigenvalue weighted by atomic mass is 10.1. The second-order valence-electron chi connectivity index (χ2n) is 4.17. The Labute approximate surface area is 111 Å². The Morgan fingerprint density at radius 1 is 1.55 bits per heavy atom. The average molecular weight is 309 g/mol. The first-order chi connectivity index (χ1) is 9.31. The smallest absolute Gasteiger partial charge is 0.387 e. The lowest BCUT2D eigenvalue weighted by Gasteiger charge is -2.16. The first-order valence-corrected chi connectivity index (χ1v) is 6.61. The Morgan fingerprint density at radius 2 is 2.20 bits per heavy atom. The van der Waals surface area contributed by atoms with Gasteiger partial charge >= 0.3 is 13.9 Å². The van der Waals surface area contributed by atoms with E-state index in [2.05, 4.69) is 4.52 Å². The summed E-state index contributed by atoms with van der Waals surface area (Å²) in [5.74, 6) is -1.24. The van der Waals surface area contributed by atoms with Gasteiger partial charge in [-0.05, 0) is 6.92 Å². The number of aromatic nitrogens is 2. The van der Waals surface area contributed by atoms with Crippen LogP contribution in [0.3, 0.4) is 0 Å². The normalized spacial score (nSPS) is 30.5. The Bertz CT molecular complexity index is 644. The molecule has 0 spiro atoms. The molecule has 1 fully saturated rings. The van der Waals surface area contributed by atoms with Crippen LogP contribution < -0.4 is 11.2 Å². The van der Waals surface area contributed by atoms with Gasteiger partial charge in [0.05, 0.1) is 12.3 Å².